The van der Waals surface area contributed by atoms with Crippen molar-refractivity contribution in [2.75, 3.05) is 13.1 Å². The molecule has 1 amide bonds. The second kappa shape index (κ2) is 6.40. The van der Waals surface area contributed by atoms with E-state index in [1.165, 1.54) is 19.3 Å². The highest BCUT2D eigenvalue weighted by Crippen LogP contribution is 2.34. The zero-order chi connectivity index (χ0) is 14.6. The summed E-state index contributed by atoms with van der Waals surface area (Å²) < 4.78 is 0. The molecule has 0 bridgehead atoms. The number of rotatable bonds is 4. The fourth-order valence-corrected chi connectivity index (χ4v) is 3.10. The van der Waals surface area contributed by atoms with Crippen LogP contribution < -0.4 is 11.1 Å². The van der Waals surface area contributed by atoms with Crippen LogP contribution in [-0.4, -0.2) is 19.0 Å². The van der Waals surface area contributed by atoms with Gasteiger partial charge in [-0.3, -0.25) is 4.79 Å². The van der Waals surface area contributed by atoms with Gasteiger partial charge in [0, 0.05) is 12.1 Å². The van der Waals surface area contributed by atoms with Gasteiger partial charge in [-0.2, -0.15) is 0 Å². The Bertz CT molecular complexity index is 476. The zero-order valence-corrected chi connectivity index (χ0v) is 12.7. The van der Waals surface area contributed by atoms with E-state index in [0.717, 1.165) is 29.5 Å². The van der Waals surface area contributed by atoms with Crippen molar-refractivity contribution in [1.29, 1.82) is 0 Å². The summed E-state index contributed by atoms with van der Waals surface area (Å²) in [4.78, 5) is 12.4. The highest BCUT2D eigenvalue weighted by atomic mass is 16.1. The number of benzene rings is 1. The summed E-state index contributed by atoms with van der Waals surface area (Å²) >= 11 is 0. The number of carbonyl (C=O) groups is 1. The van der Waals surface area contributed by atoms with Gasteiger partial charge >= 0.3 is 0 Å². The van der Waals surface area contributed by atoms with Crippen LogP contribution in [0, 0.1) is 19.3 Å². The molecule has 0 aromatic heterocycles. The van der Waals surface area contributed by atoms with Crippen molar-refractivity contribution < 1.29 is 4.79 Å². The van der Waals surface area contributed by atoms with Crippen LogP contribution in [0.2, 0.25) is 0 Å². The van der Waals surface area contributed by atoms with Crippen LogP contribution in [0.4, 0.5) is 0 Å². The molecule has 3 heteroatoms. The minimum absolute atomic E-state index is 0.0320. The second-order valence-corrected chi connectivity index (χ2v) is 6.27. The molecule has 1 aliphatic rings. The van der Waals surface area contributed by atoms with Gasteiger partial charge in [-0.05, 0) is 50.3 Å². The summed E-state index contributed by atoms with van der Waals surface area (Å²) in [6, 6.07) is 6.00. The third-order valence-electron chi connectivity index (χ3n) is 4.61. The van der Waals surface area contributed by atoms with E-state index in [9.17, 15) is 4.79 Å². The van der Waals surface area contributed by atoms with Crippen LogP contribution in [0.5, 0.6) is 0 Å². The molecule has 3 nitrogen and oxygen atoms in total. The van der Waals surface area contributed by atoms with Gasteiger partial charge in [-0.15, -0.1) is 0 Å². The van der Waals surface area contributed by atoms with Crippen LogP contribution in [0.15, 0.2) is 18.2 Å². The standard InChI is InChI=1S/C17H26N2O/c1-13-6-7-14(2)15(10-13)16(20)19-12-17(11-18)8-4-3-5-9-17/h6-7,10H,3-5,8-9,11-12,18H2,1-2H3,(H,19,20). The summed E-state index contributed by atoms with van der Waals surface area (Å²) in [5.74, 6) is 0.0320. The molecular formula is C17H26N2O. The molecule has 110 valence electrons. The summed E-state index contributed by atoms with van der Waals surface area (Å²) in [7, 11) is 0. The number of amides is 1. The number of aryl methyl sites for hydroxylation is 2. The van der Waals surface area contributed by atoms with E-state index in [0.29, 0.717) is 13.1 Å². The molecule has 1 fully saturated rings. The van der Waals surface area contributed by atoms with Gasteiger partial charge in [0.25, 0.3) is 5.91 Å². The van der Waals surface area contributed by atoms with Crippen molar-refractivity contribution in [3.63, 3.8) is 0 Å². The first kappa shape index (κ1) is 15.0. The first-order valence-corrected chi connectivity index (χ1v) is 7.62. The van der Waals surface area contributed by atoms with Crippen molar-refractivity contribution in [2.45, 2.75) is 46.0 Å². The molecule has 0 heterocycles. The van der Waals surface area contributed by atoms with Gasteiger partial charge in [-0.25, -0.2) is 0 Å². The molecule has 0 saturated heterocycles. The van der Waals surface area contributed by atoms with Crippen molar-refractivity contribution in [3.8, 4) is 0 Å². The lowest BCUT2D eigenvalue weighted by atomic mass is 9.74. The molecular weight excluding hydrogens is 248 g/mol. The summed E-state index contributed by atoms with van der Waals surface area (Å²) in [6.45, 7) is 5.36. The smallest absolute Gasteiger partial charge is 0.251 e. The highest BCUT2D eigenvalue weighted by molar-refractivity contribution is 5.95. The Morgan fingerprint density at radius 2 is 1.95 bits per heavy atom. The number of nitrogens with one attached hydrogen (secondary N) is 1. The Morgan fingerprint density at radius 3 is 2.60 bits per heavy atom. The van der Waals surface area contributed by atoms with Crippen molar-refractivity contribution >= 4 is 5.91 Å². The van der Waals surface area contributed by atoms with Gasteiger partial charge < -0.3 is 11.1 Å². The Balaban J connectivity index is 2.02. The molecule has 0 spiro atoms. The van der Waals surface area contributed by atoms with E-state index in [1.807, 2.05) is 32.0 Å². The van der Waals surface area contributed by atoms with Crippen molar-refractivity contribution in [1.82, 2.24) is 5.32 Å². The van der Waals surface area contributed by atoms with Crippen LogP contribution >= 0.6 is 0 Å². The van der Waals surface area contributed by atoms with Crippen LogP contribution in [0.1, 0.15) is 53.6 Å². The Kier molecular flexibility index (Phi) is 4.81. The molecule has 1 aromatic carbocycles. The van der Waals surface area contributed by atoms with Gasteiger partial charge in [0.05, 0.1) is 0 Å². The number of nitrogens with two attached hydrogens (primary N) is 1. The Hall–Kier alpha value is -1.35. The molecule has 0 radical (unpaired) electrons. The third kappa shape index (κ3) is 3.40. The normalized spacial score (nSPS) is 17.8. The minimum atomic E-state index is 0.0320. The molecule has 1 saturated carbocycles. The number of carbonyl (C=O) groups excluding carboxylic acids is 1. The SMILES string of the molecule is Cc1ccc(C)c(C(=O)NCC2(CN)CCCCC2)c1. The maximum Gasteiger partial charge on any atom is 0.251 e. The quantitative estimate of drug-likeness (QED) is 0.887. The topological polar surface area (TPSA) is 55.1 Å². The number of hydrogen-bond acceptors (Lipinski definition) is 2. The van der Waals surface area contributed by atoms with Crippen LogP contribution in [0.25, 0.3) is 0 Å². The monoisotopic (exact) mass is 274 g/mol. The van der Waals surface area contributed by atoms with E-state index >= 15 is 0 Å². The Morgan fingerprint density at radius 1 is 1.25 bits per heavy atom. The lowest BCUT2D eigenvalue weighted by Crippen LogP contribution is -2.43. The van der Waals surface area contributed by atoms with Crippen LogP contribution in [-0.2, 0) is 0 Å². The summed E-state index contributed by atoms with van der Waals surface area (Å²) in [6.07, 6.45) is 6.03. The van der Waals surface area contributed by atoms with Crippen molar-refractivity contribution in [2.24, 2.45) is 11.1 Å². The highest BCUT2D eigenvalue weighted by Gasteiger charge is 2.31. The summed E-state index contributed by atoms with van der Waals surface area (Å²) in [5.41, 5.74) is 9.01. The first-order valence-electron chi connectivity index (χ1n) is 7.62. The molecule has 20 heavy (non-hydrogen) atoms. The van der Waals surface area contributed by atoms with Crippen molar-refractivity contribution in [3.05, 3.63) is 34.9 Å². The molecule has 2 rings (SSSR count). The second-order valence-electron chi connectivity index (χ2n) is 6.27. The van der Waals surface area contributed by atoms with Gasteiger partial charge in [0.15, 0.2) is 0 Å². The molecule has 1 aliphatic carbocycles. The average Bonchev–Trinajstić information content (AvgIpc) is 2.48. The van der Waals surface area contributed by atoms with E-state index in [1.54, 1.807) is 0 Å². The number of hydrogen-bond donors (Lipinski definition) is 2. The predicted molar refractivity (Wildman–Crippen MR) is 82.8 cm³/mol. The predicted octanol–water partition coefficient (Wildman–Crippen LogP) is 2.94. The lowest BCUT2D eigenvalue weighted by molar-refractivity contribution is 0.0913. The zero-order valence-electron chi connectivity index (χ0n) is 12.7. The molecule has 1 aromatic rings. The largest absolute Gasteiger partial charge is 0.351 e. The fourth-order valence-electron chi connectivity index (χ4n) is 3.10. The van der Waals surface area contributed by atoms with Crippen LogP contribution in [0.3, 0.4) is 0 Å². The third-order valence-corrected chi connectivity index (χ3v) is 4.61. The molecule has 0 unspecified atom stereocenters. The van der Waals surface area contributed by atoms with Gasteiger partial charge in [0.1, 0.15) is 0 Å². The maximum atomic E-state index is 12.4. The van der Waals surface area contributed by atoms with E-state index in [-0.39, 0.29) is 11.3 Å². The van der Waals surface area contributed by atoms with Gasteiger partial charge in [0.2, 0.25) is 0 Å². The van der Waals surface area contributed by atoms with Gasteiger partial charge in [-0.1, -0.05) is 37.0 Å². The maximum absolute atomic E-state index is 12.4. The fraction of sp³-hybridized carbons (Fsp3) is 0.588. The molecule has 3 N–H and O–H groups in total. The summed E-state index contributed by atoms with van der Waals surface area (Å²) in [5, 5.41) is 3.11. The first-order chi connectivity index (χ1) is 9.56. The lowest BCUT2D eigenvalue weighted by Gasteiger charge is -2.36. The Labute approximate surface area is 121 Å². The van der Waals surface area contributed by atoms with E-state index in [2.05, 4.69) is 5.32 Å². The molecule has 0 atom stereocenters. The molecule has 0 aliphatic heterocycles. The minimum Gasteiger partial charge on any atom is -0.351 e. The van der Waals surface area contributed by atoms with E-state index < -0.39 is 0 Å². The average molecular weight is 274 g/mol. The van der Waals surface area contributed by atoms with E-state index in [4.69, 9.17) is 5.73 Å².